The van der Waals surface area contributed by atoms with Crippen LogP contribution in [0, 0.1) is 0 Å². The van der Waals surface area contributed by atoms with E-state index in [1.54, 1.807) is 0 Å². The van der Waals surface area contributed by atoms with Crippen LogP contribution >= 0.6 is 0 Å². The Morgan fingerprint density at radius 2 is 0.833 bits per heavy atom. The van der Waals surface area contributed by atoms with Crippen molar-refractivity contribution in [1.29, 1.82) is 0 Å². The smallest absolute Gasteiger partial charge is 0.744 e. The second kappa shape index (κ2) is 12.2. The minimum Gasteiger partial charge on any atom is -0.744 e. The zero-order valence-electron chi connectivity index (χ0n) is 19.0. The van der Waals surface area contributed by atoms with Gasteiger partial charge in [0.05, 0.1) is 19.6 Å². The van der Waals surface area contributed by atoms with Crippen molar-refractivity contribution < 1.29 is 170 Å². The summed E-state index contributed by atoms with van der Waals surface area (Å²) in [5.41, 5.74) is 0. The molecule has 4 rings (SSSR count). The predicted molar refractivity (Wildman–Crippen MR) is 102 cm³/mol. The van der Waals surface area contributed by atoms with Gasteiger partial charge in [0.2, 0.25) is 0 Å². The monoisotopic (exact) mass is 610 g/mol. The van der Waals surface area contributed by atoms with Gasteiger partial charge in [-0.2, -0.15) is 0 Å². The van der Waals surface area contributed by atoms with Gasteiger partial charge in [-0.15, -0.1) is 0 Å². The van der Waals surface area contributed by atoms with Crippen LogP contribution in [0.3, 0.4) is 0 Å². The zero-order valence-corrected chi connectivity index (χ0v) is 30.3. The van der Waals surface area contributed by atoms with Gasteiger partial charge in [0.25, 0.3) is 0 Å². The van der Waals surface area contributed by atoms with E-state index in [0.29, 0.717) is 12.1 Å². The molecule has 0 aliphatic heterocycles. The van der Waals surface area contributed by atoms with Crippen LogP contribution in [0.4, 0.5) is 0 Å². The van der Waals surface area contributed by atoms with E-state index in [2.05, 4.69) is 0 Å². The summed E-state index contributed by atoms with van der Waals surface area (Å²) in [4.78, 5) is -5.02. The summed E-state index contributed by atoms with van der Waals surface area (Å²) in [6.07, 6.45) is 0. The van der Waals surface area contributed by atoms with Gasteiger partial charge in [0, 0.05) is 16.2 Å². The fraction of sp³-hybridized carbons (Fsp3) is 0. The first kappa shape index (κ1) is 37.6. The van der Waals surface area contributed by atoms with E-state index in [1.165, 1.54) is 0 Å². The van der Waals surface area contributed by atoms with E-state index in [0.717, 1.165) is 24.3 Å². The Labute approximate surface area is 294 Å². The predicted octanol–water partition coefficient (Wildman–Crippen LogP) is -11.8. The quantitative estimate of drug-likeness (QED) is 0.119. The van der Waals surface area contributed by atoms with Crippen molar-refractivity contribution in [3.8, 4) is 0 Å². The topological polar surface area (TPSA) is 229 Å². The minimum absolute atomic E-state index is 0. The third-order valence-corrected chi connectivity index (χ3v) is 8.48. The van der Waals surface area contributed by atoms with E-state index in [4.69, 9.17) is 0 Å². The number of rotatable bonds is 4. The maximum Gasteiger partial charge on any atom is 1.00 e. The fourth-order valence-corrected chi connectivity index (χ4v) is 7.16. The summed E-state index contributed by atoms with van der Waals surface area (Å²) in [6.45, 7) is 0. The average Bonchev–Trinajstić information content (AvgIpc) is 2.61. The molecular weight excluding hydrogens is 604 g/mol. The first-order valence-electron chi connectivity index (χ1n) is 8.04. The zero-order chi connectivity index (χ0) is 24.0. The van der Waals surface area contributed by atoms with Crippen molar-refractivity contribution in [3.05, 3.63) is 36.4 Å². The maximum absolute atomic E-state index is 11.8. The molecule has 0 saturated heterocycles. The Morgan fingerprint density at radius 3 is 1.22 bits per heavy atom. The minimum atomic E-state index is -5.61. The summed E-state index contributed by atoms with van der Waals surface area (Å²) in [6, 6.07) is 4.60. The largest absolute Gasteiger partial charge is 1.00 e. The Morgan fingerprint density at radius 1 is 0.444 bits per heavy atom. The summed E-state index contributed by atoms with van der Waals surface area (Å²) in [5.74, 6) is 0. The van der Waals surface area contributed by atoms with E-state index >= 15 is 0 Å². The van der Waals surface area contributed by atoms with Gasteiger partial charge in [-0.05, 0) is 28.3 Å². The van der Waals surface area contributed by atoms with E-state index < -0.39 is 81.6 Å². The molecule has 0 spiro atoms. The van der Waals surface area contributed by atoms with Gasteiger partial charge in [-0.25, -0.2) is 33.7 Å². The molecule has 0 aromatic heterocycles. The molecule has 0 atom stereocenters. The number of hydrogen-bond donors (Lipinski definition) is 0. The van der Waals surface area contributed by atoms with Gasteiger partial charge < -0.3 is 18.2 Å². The van der Waals surface area contributed by atoms with Gasteiger partial charge in [0.15, 0.2) is 0 Å². The Hall–Kier alpha value is 1.56. The number of hydrogen-bond acceptors (Lipinski definition) is 12. The number of benzene rings is 4. The molecule has 0 aliphatic carbocycles. The van der Waals surface area contributed by atoms with E-state index in [1.807, 2.05) is 0 Å². The van der Waals surface area contributed by atoms with Crippen molar-refractivity contribution in [3.63, 3.8) is 0 Å². The Balaban J connectivity index is 0.00000306. The molecule has 0 aliphatic rings. The van der Waals surface area contributed by atoms with Crippen molar-refractivity contribution >= 4 is 72.8 Å². The second-order valence-corrected chi connectivity index (χ2v) is 12.0. The molecule has 0 saturated carbocycles. The first-order valence-corrected chi connectivity index (χ1v) is 13.7. The van der Waals surface area contributed by atoms with Crippen LogP contribution in [0.5, 0.6) is 0 Å². The molecule has 4 aromatic carbocycles. The van der Waals surface area contributed by atoms with Crippen LogP contribution in [0.1, 0.15) is 0 Å². The van der Waals surface area contributed by atoms with E-state index in [9.17, 15) is 51.9 Å². The van der Waals surface area contributed by atoms with Crippen LogP contribution in [0.25, 0.3) is 32.3 Å². The molecule has 170 valence electrons. The van der Waals surface area contributed by atoms with Crippen molar-refractivity contribution in [2.75, 3.05) is 0 Å². The maximum atomic E-state index is 11.8. The Bertz CT molecular complexity index is 1870. The normalized spacial score (nSPS) is 12.4. The van der Waals surface area contributed by atoms with Gasteiger partial charge in [-0.1, -0.05) is 24.3 Å². The molecule has 0 radical (unpaired) electrons. The molecule has 0 fully saturated rings. The molecule has 12 nitrogen and oxygen atoms in total. The van der Waals surface area contributed by atoms with Gasteiger partial charge in [-0.3, -0.25) is 0 Å². The summed E-state index contributed by atoms with van der Waals surface area (Å²) >= 11 is 0. The summed E-state index contributed by atoms with van der Waals surface area (Å²) < 4.78 is 141. The second-order valence-electron chi connectivity index (χ2n) is 6.64. The molecule has 0 bridgehead atoms. The van der Waals surface area contributed by atoms with Crippen LogP contribution in [-0.4, -0.2) is 51.9 Å². The van der Waals surface area contributed by atoms with Crippen LogP contribution in [0.15, 0.2) is 56.0 Å². The van der Waals surface area contributed by atoms with Crippen molar-refractivity contribution in [1.82, 2.24) is 0 Å². The van der Waals surface area contributed by atoms with Crippen molar-refractivity contribution in [2.45, 2.75) is 19.6 Å². The molecule has 20 heteroatoms. The van der Waals surface area contributed by atoms with Crippen molar-refractivity contribution in [2.24, 2.45) is 0 Å². The standard InChI is InChI=1S/C16H10O12S4.4Na/c17-29(18,19)11-6-12(30(20,21)22)9-3-4-10-14-7(1-2-8(11)15(9)14)5-13(31(23,24)25)16(10)32(26,27)28;;;;/h1-6H,(H,17,18,19)(H,20,21,22)(H,23,24,25)(H,26,27,28);;;;/q;4*+1/p-4. The SMILES string of the molecule is O=S(=O)([O-])c1cc2ccc3c(S(=O)(=O)[O-])cc(S(=O)(=O)[O-])c4ccc(c1S(=O)(=O)[O-])c2c34.[Na+].[Na+].[Na+].[Na+]. The Kier molecular flexibility index (Phi) is 12.7. The third kappa shape index (κ3) is 6.71. The van der Waals surface area contributed by atoms with Gasteiger partial charge in [0.1, 0.15) is 40.5 Å². The molecule has 0 amide bonds. The molecular formula is C16H6Na4O12S4. The fourth-order valence-electron chi connectivity index (χ4n) is 3.71. The summed E-state index contributed by atoms with van der Waals surface area (Å²) in [5, 5.41) is -2.39. The molecule has 0 heterocycles. The molecule has 4 aromatic rings. The van der Waals surface area contributed by atoms with Crippen LogP contribution in [-0.2, 0) is 40.5 Å². The average molecular weight is 610 g/mol. The molecule has 36 heavy (non-hydrogen) atoms. The first-order chi connectivity index (χ1) is 14.4. The van der Waals surface area contributed by atoms with Crippen LogP contribution in [0.2, 0.25) is 0 Å². The van der Waals surface area contributed by atoms with Crippen LogP contribution < -0.4 is 118 Å². The van der Waals surface area contributed by atoms with E-state index in [-0.39, 0.29) is 129 Å². The van der Waals surface area contributed by atoms with Gasteiger partial charge >= 0.3 is 118 Å². The molecule has 0 N–H and O–H groups in total. The third-order valence-electron chi connectivity index (χ3n) is 4.80. The summed E-state index contributed by atoms with van der Waals surface area (Å²) in [7, 11) is -21.8. The molecule has 0 unspecified atom stereocenters.